The molecule has 1 unspecified atom stereocenters. The number of aryl methyl sites for hydroxylation is 2. The van der Waals surface area contributed by atoms with Gasteiger partial charge in [0.1, 0.15) is 11.4 Å². The summed E-state index contributed by atoms with van der Waals surface area (Å²) in [5.74, 6) is 0.574. The van der Waals surface area contributed by atoms with E-state index in [0.29, 0.717) is 31.9 Å². The van der Waals surface area contributed by atoms with Crippen molar-refractivity contribution in [1.82, 2.24) is 15.2 Å². The van der Waals surface area contributed by atoms with Crippen molar-refractivity contribution in [3.63, 3.8) is 0 Å². The number of nitrogens with one attached hydrogen (secondary N) is 2. The van der Waals surface area contributed by atoms with E-state index in [0.717, 1.165) is 35.4 Å². The Balaban J connectivity index is 1.60. The fourth-order valence-electron chi connectivity index (χ4n) is 3.76. The fourth-order valence-corrected chi connectivity index (χ4v) is 3.76. The number of hydrogen-bond acceptors (Lipinski definition) is 3. The van der Waals surface area contributed by atoms with E-state index in [4.69, 9.17) is 4.74 Å². The zero-order valence-corrected chi connectivity index (χ0v) is 16.9. The molecule has 0 radical (unpaired) electrons. The quantitative estimate of drug-likeness (QED) is 0.804. The normalized spacial score (nSPS) is 16.7. The van der Waals surface area contributed by atoms with Crippen LogP contribution in [0.25, 0.3) is 0 Å². The van der Waals surface area contributed by atoms with E-state index in [-0.39, 0.29) is 17.7 Å². The van der Waals surface area contributed by atoms with E-state index >= 15 is 0 Å². The van der Waals surface area contributed by atoms with E-state index < -0.39 is 0 Å². The second-order valence-electron chi connectivity index (χ2n) is 7.36. The summed E-state index contributed by atoms with van der Waals surface area (Å²) in [6.07, 6.45) is 1.63. The largest absolute Gasteiger partial charge is 0.494 e. The number of benzene rings is 1. The van der Waals surface area contributed by atoms with Crippen molar-refractivity contribution in [2.24, 2.45) is 5.92 Å². The number of carbonyl (C=O) groups is 2. The summed E-state index contributed by atoms with van der Waals surface area (Å²) in [5.41, 5.74) is 3.50. The number of aromatic nitrogens is 1. The van der Waals surface area contributed by atoms with Crippen molar-refractivity contribution in [2.75, 3.05) is 19.7 Å². The Morgan fingerprint density at radius 3 is 2.79 bits per heavy atom. The van der Waals surface area contributed by atoms with Gasteiger partial charge in [-0.1, -0.05) is 18.2 Å². The number of nitrogens with zero attached hydrogens (tertiary/aromatic N) is 1. The van der Waals surface area contributed by atoms with Crippen LogP contribution >= 0.6 is 0 Å². The molecule has 1 fully saturated rings. The zero-order chi connectivity index (χ0) is 20.1. The summed E-state index contributed by atoms with van der Waals surface area (Å²) in [6.45, 7) is 7.96. The molecule has 2 N–H and O–H groups in total. The predicted molar refractivity (Wildman–Crippen MR) is 108 cm³/mol. The van der Waals surface area contributed by atoms with Gasteiger partial charge in [0.2, 0.25) is 5.91 Å². The van der Waals surface area contributed by atoms with Crippen LogP contribution in [-0.4, -0.2) is 41.4 Å². The van der Waals surface area contributed by atoms with Crippen LogP contribution in [0.1, 0.15) is 47.1 Å². The highest BCUT2D eigenvalue weighted by Crippen LogP contribution is 2.21. The van der Waals surface area contributed by atoms with Gasteiger partial charge in [-0.25, -0.2) is 0 Å². The molecule has 6 heteroatoms. The van der Waals surface area contributed by atoms with Crippen LogP contribution in [0.2, 0.25) is 0 Å². The van der Waals surface area contributed by atoms with Crippen LogP contribution in [-0.2, 0) is 11.3 Å². The lowest BCUT2D eigenvalue weighted by Gasteiger charge is -2.32. The minimum absolute atomic E-state index is 0.0109. The van der Waals surface area contributed by atoms with Gasteiger partial charge in [0.25, 0.3) is 5.91 Å². The maximum Gasteiger partial charge on any atom is 0.270 e. The summed E-state index contributed by atoms with van der Waals surface area (Å²) in [4.78, 5) is 30.5. The number of carbonyl (C=O) groups excluding carboxylic acids is 2. The minimum atomic E-state index is -0.187. The molecular weight excluding hydrogens is 354 g/mol. The van der Waals surface area contributed by atoms with Crippen LogP contribution in [0.15, 0.2) is 30.3 Å². The van der Waals surface area contributed by atoms with E-state index in [1.165, 1.54) is 0 Å². The van der Waals surface area contributed by atoms with E-state index in [9.17, 15) is 9.59 Å². The molecule has 1 saturated heterocycles. The molecule has 2 aromatic rings. The number of piperidine rings is 1. The summed E-state index contributed by atoms with van der Waals surface area (Å²) >= 11 is 0. The molecular formula is C22H29N3O3. The van der Waals surface area contributed by atoms with Gasteiger partial charge in [-0.15, -0.1) is 0 Å². The molecule has 0 aliphatic carbocycles. The van der Waals surface area contributed by atoms with Crippen LogP contribution in [0.4, 0.5) is 0 Å². The van der Waals surface area contributed by atoms with E-state index in [2.05, 4.69) is 10.3 Å². The maximum atomic E-state index is 12.8. The SMILES string of the molecule is CCOc1ccccc1CNC(=O)C1CCCN(C(=O)c2[nH]c(C)cc2C)C1. The summed E-state index contributed by atoms with van der Waals surface area (Å²) < 4.78 is 5.62. The van der Waals surface area contributed by atoms with Gasteiger partial charge >= 0.3 is 0 Å². The molecule has 1 aromatic carbocycles. The topological polar surface area (TPSA) is 74.4 Å². The molecule has 150 valence electrons. The van der Waals surface area contributed by atoms with E-state index in [1.807, 2.05) is 51.1 Å². The average molecular weight is 383 g/mol. The molecule has 28 heavy (non-hydrogen) atoms. The Kier molecular flexibility index (Phi) is 6.39. The van der Waals surface area contributed by atoms with Crippen molar-refractivity contribution in [3.05, 3.63) is 52.8 Å². The summed E-state index contributed by atoms with van der Waals surface area (Å²) in [5, 5.41) is 3.02. The Morgan fingerprint density at radius 1 is 1.29 bits per heavy atom. The Labute approximate surface area is 166 Å². The van der Waals surface area contributed by atoms with Gasteiger partial charge in [0.05, 0.1) is 12.5 Å². The standard InChI is InChI=1S/C22H29N3O3/c1-4-28-19-10-6-5-8-17(19)13-23-21(26)18-9-7-11-25(14-18)22(27)20-15(2)12-16(3)24-20/h5-6,8,10,12,18,24H,4,7,9,11,13-14H2,1-3H3,(H,23,26). The first-order chi connectivity index (χ1) is 13.5. The van der Waals surface area contributed by atoms with E-state index in [1.54, 1.807) is 4.90 Å². The van der Waals surface area contributed by atoms with Crippen LogP contribution in [0, 0.1) is 19.8 Å². The molecule has 2 heterocycles. The number of H-pyrrole nitrogens is 1. The molecule has 1 aromatic heterocycles. The lowest BCUT2D eigenvalue weighted by molar-refractivity contribution is -0.126. The Morgan fingerprint density at radius 2 is 2.07 bits per heavy atom. The molecule has 0 saturated carbocycles. The van der Waals surface area contributed by atoms with Gasteiger partial charge in [-0.3, -0.25) is 9.59 Å². The highest BCUT2D eigenvalue weighted by Gasteiger charge is 2.30. The molecule has 6 nitrogen and oxygen atoms in total. The molecule has 1 atom stereocenters. The predicted octanol–water partition coefficient (Wildman–Crippen LogP) is 3.20. The van der Waals surface area contributed by atoms with Gasteiger partial charge in [-0.2, -0.15) is 0 Å². The summed E-state index contributed by atoms with van der Waals surface area (Å²) in [6, 6.07) is 9.69. The number of likely N-dealkylation sites (tertiary alicyclic amines) is 1. The Hall–Kier alpha value is -2.76. The van der Waals surface area contributed by atoms with Gasteiger partial charge in [0, 0.05) is 30.9 Å². The van der Waals surface area contributed by atoms with Gasteiger partial charge < -0.3 is 19.9 Å². The minimum Gasteiger partial charge on any atom is -0.494 e. The monoisotopic (exact) mass is 383 g/mol. The third-order valence-corrected chi connectivity index (χ3v) is 5.17. The molecule has 1 aliphatic rings. The number of hydrogen-bond donors (Lipinski definition) is 2. The van der Waals surface area contributed by atoms with Crippen molar-refractivity contribution < 1.29 is 14.3 Å². The number of aromatic amines is 1. The third-order valence-electron chi connectivity index (χ3n) is 5.17. The Bertz CT molecular complexity index is 843. The van der Waals surface area contributed by atoms with Crippen molar-refractivity contribution in [1.29, 1.82) is 0 Å². The molecule has 0 spiro atoms. The number of amides is 2. The number of para-hydroxylation sites is 1. The van der Waals surface area contributed by atoms with Gasteiger partial charge in [0.15, 0.2) is 0 Å². The molecule has 3 rings (SSSR count). The third kappa shape index (κ3) is 4.55. The van der Waals surface area contributed by atoms with Crippen LogP contribution < -0.4 is 10.1 Å². The smallest absolute Gasteiger partial charge is 0.270 e. The highest BCUT2D eigenvalue weighted by molar-refractivity contribution is 5.94. The van der Waals surface area contributed by atoms with Crippen LogP contribution in [0.5, 0.6) is 5.75 Å². The van der Waals surface area contributed by atoms with Crippen molar-refractivity contribution >= 4 is 11.8 Å². The number of ether oxygens (including phenoxy) is 1. The molecule has 0 bridgehead atoms. The second kappa shape index (κ2) is 8.95. The van der Waals surface area contributed by atoms with Gasteiger partial charge in [-0.05, 0) is 51.3 Å². The number of rotatable bonds is 6. The van der Waals surface area contributed by atoms with Crippen molar-refractivity contribution in [3.8, 4) is 5.75 Å². The lowest BCUT2D eigenvalue weighted by Crippen LogP contribution is -2.45. The summed E-state index contributed by atoms with van der Waals surface area (Å²) in [7, 11) is 0. The first kappa shape index (κ1) is 20.0. The van der Waals surface area contributed by atoms with Crippen molar-refractivity contribution in [2.45, 2.75) is 40.2 Å². The molecule has 2 amide bonds. The first-order valence-electron chi connectivity index (χ1n) is 9.93. The first-order valence-corrected chi connectivity index (χ1v) is 9.93. The molecule has 1 aliphatic heterocycles. The second-order valence-corrected chi connectivity index (χ2v) is 7.36. The van der Waals surface area contributed by atoms with Crippen LogP contribution in [0.3, 0.4) is 0 Å². The lowest BCUT2D eigenvalue weighted by atomic mass is 9.96. The highest BCUT2D eigenvalue weighted by atomic mass is 16.5. The maximum absolute atomic E-state index is 12.8. The fraction of sp³-hybridized carbons (Fsp3) is 0.455. The average Bonchev–Trinajstić information content (AvgIpc) is 3.04. The zero-order valence-electron chi connectivity index (χ0n) is 16.9.